The van der Waals surface area contributed by atoms with E-state index in [-0.39, 0.29) is 17.3 Å². The number of carbonyl (C=O) groups is 1. The molecule has 31 heavy (non-hydrogen) atoms. The van der Waals surface area contributed by atoms with Gasteiger partial charge in [-0.25, -0.2) is 23.1 Å². The highest BCUT2D eigenvalue weighted by Crippen LogP contribution is 2.25. The van der Waals surface area contributed by atoms with E-state index in [4.69, 9.17) is 0 Å². The SMILES string of the molecule is Cc1nc(NCCNS(=O)(=O)c2ccc3c(c2)CCC(=O)N3)cc(N2CCCCC2)n1. The van der Waals surface area contributed by atoms with Crippen LogP contribution in [-0.4, -0.2) is 50.5 Å². The van der Waals surface area contributed by atoms with Crippen molar-refractivity contribution in [1.29, 1.82) is 0 Å². The Kier molecular flexibility index (Phi) is 6.38. The van der Waals surface area contributed by atoms with Crippen LogP contribution in [0.25, 0.3) is 0 Å². The molecule has 0 saturated carbocycles. The lowest BCUT2D eigenvalue weighted by Gasteiger charge is -2.28. The fourth-order valence-electron chi connectivity index (χ4n) is 3.91. The van der Waals surface area contributed by atoms with Crippen molar-refractivity contribution in [2.45, 2.75) is 43.9 Å². The minimum Gasteiger partial charge on any atom is -0.369 e. The molecule has 1 saturated heterocycles. The standard InChI is InChI=1S/C21H28N6O3S/c1-15-24-19(14-20(25-15)27-11-3-2-4-12-27)22-9-10-23-31(29,30)17-6-7-18-16(13-17)5-8-21(28)26-18/h6-7,13-14,23H,2-5,8-12H2,1H3,(H,26,28)(H,22,24,25). The summed E-state index contributed by atoms with van der Waals surface area (Å²) in [5.74, 6) is 2.25. The lowest BCUT2D eigenvalue weighted by atomic mass is 10.0. The lowest BCUT2D eigenvalue weighted by Crippen LogP contribution is -2.31. The molecule has 0 bridgehead atoms. The number of hydrogen-bond acceptors (Lipinski definition) is 7. The molecule has 2 aliphatic rings. The molecule has 2 aliphatic heterocycles. The summed E-state index contributed by atoms with van der Waals surface area (Å²) >= 11 is 0. The van der Waals surface area contributed by atoms with Gasteiger partial charge in [-0.3, -0.25) is 4.79 Å². The molecule has 0 radical (unpaired) electrons. The van der Waals surface area contributed by atoms with Crippen LogP contribution in [0.5, 0.6) is 0 Å². The minimum absolute atomic E-state index is 0.0456. The van der Waals surface area contributed by atoms with E-state index in [1.54, 1.807) is 12.1 Å². The predicted octanol–water partition coefficient (Wildman–Crippen LogP) is 2.05. The van der Waals surface area contributed by atoms with Crippen LogP contribution in [-0.2, 0) is 21.2 Å². The van der Waals surface area contributed by atoms with Gasteiger partial charge in [-0.15, -0.1) is 0 Å². The zero-order valence-corrected chi connectivity index (χ0v) is 18.5. The third-order valence-electron chi connectivity index (χ3n) is 5.51. The molecule has 2 aromatic rings. The van der Waals surface area contributed by atoms with Gasteiger partial charge in [0, 0.05) is 44.4 Å². The Balaban J connectivity index is 1.34. The molecule has 9 nitrogen and oxygen atoms in total. The quantitative estimate of drug-likeness (QED) is 0.560. The maximum atomic E-state index is 12.6. The second-order valence-electron chi connectivity index (χ2n) is 7.90. The van der Waals surface area contributed by atoms with Gasteiger partial charge in [0.15, 0.2) is 0 Å². The van der Waals surface area contributed by atoms with Gasteiger partial charge >= 0.3 is 0 Å². The summed E-state index contributed by atoms with van der Waals surface area (Å²) < 4.78 is 27.9. The number of sulfonamides is 1. The van der Waals surface area contributed by atoms with Crippen molar-refractivity contribution in [3.05, 3.63) is 35.7 Å². The average Bonchev–Trinajstić information content (AvgIpc) is 2.76. The molecule has 1 aromatic carbocycles. The Hall–Kier alpha value is -2.72. The molecule has 1 amide bonds. The van der Waals surface area contributed by atoms with Crippen molar-refractivity contribution < 1.29 is 13.2 Å². The number of benzene rings is 1. The van der Waals surface area contributed by atoms with Crippen LogP contribution in [0.3, 0.4) is 0 Å². The minimum atomic E-state index is -3.64. The van der Waals surface area contributed by atoms with Gasteiger partial charge in [-0.1, -0.05) is 0 Å². The fourth-order valence-corrected chi connectivity index (χ4v) is 5.00. The number of hydrogen-bond donors (Lipinski definition) is 3. The number of nitrogens with one attached hydrogen (secondary N) is 3. The van der Waals surface area contributed by atoms with E-state index in [0.29, 0.717) is 36.7 Å². The molecule has 0 atom stereocenters. The number of rotatable bonds is 7. The third kappa shape index (κ3) is 5.31. The number of aryl methyl sites for hydroxylation is 2. The van der Waals surface area contributed by atoms with Gasteiger partial charge < -0.3 is 15.5 Å². The van der Waals surface area contributed by atoms with Crippen LogP contribution in [0.2, 0.25) is 0 Å². The second-order valence-corrected chi connectivity index (χ2v) is 9.66. The highest BCUT2D eigenvalue weighted by Gasteiger charge is 2.20. The van der Waals surface area contributed by atoms with E-state index in [1.165, 1.54) is 25.3 Å². The van der Waals surface area contributed by atoms with Gasteiger partial charge in [0.1, 0.15) is 17.5 Å². The summed E-state index contributed by atoms with van der Waals surface area (Å²) in [6.07, 6.45) is 4.50. The first kappa shape index (κ1) is 21.5. The first-order valence-electron chi connectivity index (χ1n) is 10.7. The van der Waals surface area contributed by atoms with Gasteiger partial charge in [-0.2, -0.15) is 0 Å². The molecule has 1 fully saturated rings. The van der Waals surface area contributed by atoms with Crippen LogP contribution in [0.1, 0.15) is 37.1 Å². The number of amides is 1. The number of carbonyl (C=O) groups excluding carboxylic acids is 1. The van der Waals surface area contributed by atoms with Crippen LogP contribution < -0.4 is 20.3 Å². The van der Waals surface area contributed by atoms with Crippen molar-refractivity contribution in [2.24, 2.45) is 0 Å². The lowest BCUT2D eigenvalue weighted by molar-refractivity contribution is -0.116. The van der Waals surface area contributed by atoms with Crippen LogP contribution in [0, 0.1) is 6.92 Å². The number of piperidine rings is 1. The van der Waals surface area contributed by atoms with E-state index in [9.17, 15) is 13.2 Å². The zero-order chi connectivity index (χ0) is 21.8. The molecule has 10 heteroatoms. The second kappa shape index (κ2) is 9.19. The maximum absolute atomic E-state index is 12.6. The number of nitrogens with zero attached hydrogens (tertiary/aromatic N) is 3. The Morgan fingerprint density at radius 3 is 2.68 bits per heavy atom. The summed E-state index contributed by atoms with van der Waals surface area (Å²) in [5.41, 5.74) is 1.52. The first-order valence-corrected chi connectivity index (χ1v) is 12.2. The number of aromatic nitrogens is 2. The summed E-state index contributed by atoms with van der Waals surface area (Å²) in [4.78, 5) is 22.9. The van der Waals surface area contributed by atoms with Crippen molar-refractivity contribution in [3.63, 3.8) is 0 Å². The van der Waals surface area contributed by atoms with Crippen molar-refractivity contribution >= 4 is 33.3 Å². The van der Waals surface area contributed by atoms with Gasteiger partial charge in [-0.05, 0) is 56.4 Å². The van der Waals surface area contributed by atoms with Gasteiger partial charge in [0.05, 0.1) is 4.90 Å². The Morgan fingerprint density at radius 1 is 1.06 bits per heavy atom. The third-order valence-corrected chi connectivity index (χ3v) is 6.97. The van der Waals surface area contributed by atoms with Crippen LogP contribution >= 0.6 is 0 Å². The smallest absolute Gasteiger partial charge is 0.240 e. The molecular formula is C21H28N6O3S. The Morgan fingerprint density at radius 2 is 1.87 bits per heavy atom. The topological polar surface area (TPSA) is 116 Å². The van der Waals surface area contributed by atoms with Gasteiger partial charge in [0.25, 0.3) is 0 Å². The van der Waals surface area contributed by atoms with E-state index in [0.717, 1.165) is 24.5 Å². The number of anilines is 3. The first-order chi connectivity index (χ1) is 14.9. The predicted molar refractivity (Wildman–Crippen MR) is 120 cm³/mol. The summed E-state index contributed by atoms with van der Waals surface area (Å²) in [6.45, 7) is 4.48. The van der Waals surface area contributed by atoms with E-state index in [1.807, 2.05) is 13.0 Å². The highest BCUT2D eigenvalue weighted by molar-refractivity contribution is 7.89. The van der Waals surface area contributed by atoms with Crippen LogP contribution in [0.15, 0.2) is 29.2 Å². The molecule has 3 N–H and O–H groups in total. The molecule has 166 valence electrons. The fraction of sp³-hybridized carbons (Fsp3) is 0.476. The molecule has 3 heterocycles. The average molecular weight is 445 g/mol. The monoisotopic (exact) mass is 444 g/mol. The van der Waals surface area contributed by atoms with E-state index in [2.05, 4.69) is 30.2 Å². The summed E-state index contributed by atoms with van der Waals surface area (Å²) in [7, 11) is -3.64. The number of fused-ring (bicyclic) bond motifs is 1. The largest absolute Gasteiger partial charge is 0.369 e. The summed E-state index contributed by atoms with van der Waals surface area (Å²) in [5, 5.41) is 5.95. The zero-order valence-electron chi connectivity index (χ0n) is 17.6. The molecule has 4 rings (SSSR count). The Bertz CT molecular complexity index is 1070. The van der Waals surface area contributed by atoms with Crippen molar-refractivity contribution in [3.8, 4) is 0 Å². The van der Waals surface area contributed by atoms with Crippen molar-refractivity contribution in [2.75, 3.05) is 41.7 Å². The van der Waals surface area contributed by atoms with Crippen molar-refractivity contribution in [1.82, 2.24) is 14.7 Å². The van der Waals surface area contributed by atoms with E-state index < -0.39 is 10.0 Å². The van der Waals surface area contributed by atoms with Crippen LogP contribution in [0.4, 0.5) is 17.3 Å². The summed E-state index contributed by atoms with van der Waals surface area (Å²) in [6, 6.07) is 6.71. The molecule has 0 aliphatic carbocycles. The highest BCUT2D eigenvalue weighted by atomic mass is 32.2. The molecule has 0 unspecified atom stereocenters. The van der Waals surface area contributed by atoms with Gasteiger partial charge in [0.2, 0.25) is 15.9 Å². The molecular weight excluding hydrogens is 416 g/mol. The Labute approximate surface area is 182 Å². The normalized spacial score (nSPS) is 16.5. The van der Waals surface area contributed by atoms with E-state index >= 15 is 0 Å². The molecule has 1 aromatic heterocycles. The maximum Gasteiger partial charge on any atom is 0.240 e. The molecule has 0 spiro atoms.